The van der Waals surface area contributed by atoms with Crippen molar-refractivity contribution in [2.45, 2.75) is 13.5 Å². The monoisotopic (exact) mass is 404 g/mol. The second kappa shape index (κ2) is 8.41. The molecule has 0 bridgehead atoms. The van der Waals surface area contributed by atoms with E-state index in [2.05, 4.69) is 11.2 Å². The van der Waals surface area contributed by atoms with Crippen molar-refractivity contribution in [3.8, 4) is 11.4 Å². The van der Waals surface area contributed by atoms with Crippen LogP contribution in [0.4, 0.5) is 0 Å². The zero-order valence-corrected chi connectivity index (χ0v) is 17.1. The standard InChI is InChI=1S/C23H24N4O3/c1-17-6-5-7-18(12-17)14-25-10-11-26(16-22(25)28)23(29)19-13-24-27(15-19)20-8-3-4-9-21(20)30-2/h3-9,12-13,15H,10-11,14,16H2,1-2H3. The van der Waals surface area contributed by atoms with Crippen LogP contribution in [0.25, 0.3) is 5.69 Å². The Labute approximate surface area is 175 Å². The number of carbonyl (C=O) groups is 2. The third-order valence-electron chi connectivity index (χ3n) is 5.22. The number of para-hydroxylation sites is 2. The van der Waals surface area contributed by atoms with Gasteiger partial charge in [-0.3, -0.25) is 9.59 Å². The molecule has 0 unspecified atom stereocenters. The predicted octanol–water partition coefficient (Wildman–Crippen LogP) is 2.67. The number of carbonyl (C=O) groups excluding carboxylic acids is 2. The number of rotatable bonds is 5. The molecule has 3 aromatic rings. The first-order chi connectivity index (χ1) is 14.5. The van der Waals surface area contributed by atoms with Crippen molar-refractivity contribution in [3.05, 3.63) is 77.6 Å². The Morgan fingerprint density at radius 3 is 2.73 bits per heavy atom. The van der Waals surface area contributed by atoms with Gasteiger partial charge in [-0.1, -0.05) is 42.0 Å². The number of piperazine rings is 1. The second-order valence-electron chi connectivity index (χ2n) is 7.38. The molecule has 7 nitrogen and oxygen atoms in total. The lowest BCUT2D eigenvalue weighted by Crippen LogP contribution is -2.51. The van der Waals surface area contributed by atoms with Crippen LogP contribution in [0.15, 0.2) is 60.9 Å². The van der Waals surface area contributed by atoms with Crippen LogP contribution < -0.4 is 4.74 Å². The fourth-order valence-electron chi connectivity index (χ4n) is 3.65. The molecule has 1 aliphatic heterocycles. The van der Waals surface area contributed by atoms with Crippen molar-refractivity contribution in [1.82, 2.24) is 19.6 Å². The number of nitrogens with zero attached hydrogens (tertiary/aromatic N) is 4. The maximum atomic E-state index is 12.9. The summed E-state index contributed by atoms with van der Waals surface area (Å²) in [5, 5.41) is 4.30. The third kappa shape index (κ3) is 4.05. The molecule has 1 saturated heterocycles. The molecule has 0 radical (unpaired) electrons. The van der Waals surface area contributed by atoms with Gasteiger partial charge in [0, 0.05) is 25.8 Å². The van der Waals surface area contributed by atoms with E-state index in [0.29, 0.717) is 30.9 Å². The van der Waals surface area contributed by atoms with Crippen LogP contribution in [0, 0.1) is 6.92 Å². The van der Waals surface area contributed by atoms with Gasteiger partial charge in [0.25, 0.3) is 5.91 Å². The molecule has 0 aliphatic carbocycles. The summed E-state index contributed by atoms with van der Waals surface area (Å²) in [6.45, 7) is 3.68. The minimum atomic E-state index is -0.195. The number of amides is 2. The van der Waals surface area contributed by atoms with E-state index < -0.39 is 0 Å². The van der Waals surface area contributed by atoms with Crippen molar-refractivity contribution in [3.63, 3.8) is 0 Å². The Kier molecular flexibility index (Phi) is 5.52. The Morgan fingerprint density at radius 2 is 1.97 bits per heavy atom. The first kappa shape index (κ1) is 19.7. The molecule has 2 heterocycles. The van der Waals surface area contributed by atoms with Gasteiger partial charge in [0.2, 0.25) is 5.91 Å². The summed E-state index contributed by atoms with van der Waals surface area (Å²) < 4.78 is 6.97. The van der Waals surface area contributed by atoms with Gasteiger partial charge in [0.05, 0.1) is 18.9 Å². The van der Waals surface area contributed by atoms with Crippen LogP contribution in [0.1, 0.15) is 21.5 Å². The van der Waals surface area contributed by atoms with Crippen molar-refractivity contribution < 1.29 is 14.3 Å². The van der Waals surface area contributed by atoms with Crippen molar-refractivity contribution in [2.75, 3.05) is 26.7 Å². The zero-order chi connectivity index (χ0) is 21.1. The van der Waals surface area contributed by atoms with Crippen molar-refractivity contribution >= 4 is 11.8 Å². The maximum Gasteiger partial charge on any atom is 0.257 e. The van der Waals surface area contributed by atoms with E-state index in [-0.39, 0.29) is 18.4 Å². The van der Waals surface area contributed by atoms with Gasteiger partial charge >= 0.3 is 0 Å². The van der Waals surface area contributed by atoms with Gasteiger partial charge < -0.3 is 14.5 Å². The topological polar surface area (TPSA) is 67.7 Å². The van der Waals surface area contributed by atoms with Gasteiger partial charge in [0.1, 0.15) is 18.0 Å². The van der Waals surface area contributed by atoms with Gasteiger partial charge in [-0.15, -0.1) is 0 Å². The van der Waals surface area contributed by atoms with Crippen LogP contribution in [0.3, 0.4) is 0 Å². The number of hydrogen-bond donors (Lipinski definition) is 0. The van der Waals surface area contributed by atoms with E-state index in [1.54, 1.807) is 27.8 Å². The minimum Gasteiger partial charge on any atom is -0.494 e. The maximum absolute atomic E-state index is 12.9. The summed E-state index contributed by atoms with van der Waals surface area (Å²) in [4.78, 5) is 28.9. The van der Waals surface area contributed by atoms with E-state index in [1.165, 1.54) is 11.8 Å². The van der Waals surface area contributed by atoms with Crippen LogP contribution in [0.5, 0.6) is 5.75 Å². The molecule has 30 heavy (non-hydrogen) atoms. The number of aromatic nitrogens is 2. The predicted molar refractivity (Wildman–Crippen MR) is 113 cm³/mol. The Bertz CT molecular complexity index is 1080. The summed E-state index contributed by atoms with van der Waals surface area (Å²) in [6.07, 6.45) is 3.20. The van der Waals surface area contributed by atoms with E-state index in [9.17, 15) is 9.59 Å². The summed E-state index contributed by atoms with van der Waals surface area (Å²) >= 11 is 0. The first-order valence-corrected chi connectivity index (χ1v) is 9.86. The van der Waals surface area contributed by atoms with Crippen LogP contribution in [-0.4, -0.2) is 58.1 Å². The molecule has 0 N–H and O–H groups in total. The number of benzene rings is 2. The molecule has 0 atom stereocenters. The lowest BCUT2D eigenvalue weighted by Gasteiger charge is -2.34. The van der Waals surface area contributed by atoms with E-state index in [4.69, 9.17) is 4.74 Å². The molecule has 0 saturated carbocycles. The minimum absolute atomic E-state index is 0.0479. The average molecular weight is 404 g/mol. The zero-order valence-electron chi connectivity index (χ0n) is 17.1. The molecule has 0 spiro atoms. The SMILES string of the molecule is COc1ccccc1-n1cc(C(=O)N2CCN(Cc3cccc(C)c3)C(=O)C2)cn1. The lowest BCUT2D eigenvalue weighted by atomic mass is 10.1. The molecule has 1 aliphatic rings. The number of methoxy groups -OCH3 is 1. The molecule has 1 fully saturated rings. The summed E-state index contributed by atoms with van der Waals surface area (Å²) in [7, 11) is 1.59. The molecule has 7 heteroatoms. The lowest BCUT2D eigenvalue weighted by molar-refractivity contribution is -0.135. The van der Waals surface area contributed by atoms with Gasteiger partial charge in [-0.05, 0) is 24.6 Å². The highest BCUT2D eigenvalue weighted by atomic mass is 16.5. The average Bonchev–Trinajstić information content (AvgIpc) is 3.25. The van der Waals surface area contributed by atoms with Crippen LogP contribution in [0.2, 0.25) is 0 Å². The number of aryl methyl sites for hydroxylation is 1. The van der Waals surface area contributed by atoms with E-state index in [0.717, 1.165) is 11.3 Å². The van der Waals surface area contributed by atoms with E-state index in [1.807, 2.05) is 49.4 Å². The summed E-state index contributed by atoms with van der Waals surface area (Å²) in [6, 6.07) is 15.6. The molecule has 2 aromatic carbocycles. The number of ether oxygens (including phenoxy) is 1. The normalized spacial score (nSPS) is 14.1. The second-order valence-corrected chi connectivity index (χ2v) is 7.38. The summed E-state index contributed by atoms with van der Waals surface area (Å²) in [5.74, 6) is 0.424. The fourth-order valence-corrected chi connectivity index (χ4v) is 3.65. The highest BCUT2D eigenvalue weighted by Crippen LogP contribution is 2.22. The molecule has 2 amide bonds. The van der Waals surface area contributed by atoms with Gasteiger partial charge in [-0.25, -0.2) is 4.68 Å². The highest BCUT2D eigenvalue weighted by Gasteiger charge is 2.28. The molecular weight excluding hydrogens is 380 g/mol. The smallest absolute Gasteiger partial charge is 0.257 e. The van der Waals surface area contributed by atoms with Crippen molar-refractivity contribution in [1.29, 1.82) is 0 Å². The Balaban J connectivity index is 1.43. The van der Waals surface area contributed by atoms with Gasteiger partial charge in [-0.2, -0.15) is 5.10 Å². The van der Waals surface area contributed by atoms with Crippen LogP contribution in [-0.2, 0) is 11.3 Å². The Morgan fingerprint density at radius 1 is 1.13 bits per heavy atom. The largest absolute Gasteiger partial charge is 0.494 e. The first-order valence-electron chi connectivity index (χ1n) is 9.86. The molecule has 1 aromatic heterocycles. The highest BCUT2D eigenvalue weighted by molar-refractivity contribution is 5.96. The third-order valence-corrected chi connectivity index (χ3v) is 5.22. The fraction of sp³-hybridized carbons (Fsp3) is 0.261. The van der Waals surface area contributed by atoms with Gasteiger partial charge in [0.15, 0.2) is 0 Å². The van der Waals surface area contributed by atoms with Crippen LogP contribution >= 0.6 is 0 Å². The molecule has 154 valence electrons. The molecular formula is C23H24N4O3. The molecule has 4 rings (SSSR count). The van der Waals surface area contributed by atoms with Crippen molar-refractivity contribution in [2.24, 2.45) is 0 Å². The summed E-state index contributed by atoms with van der Waals surface area (Å²) in [5.41, 5.74) is 3.46. The quantitative estimate of drug-likeness (QED) is 0.656. The van der Waals surface area contributed by atoms with E-state index >= 15 is 0 Å². The Hall–Kier alpha value is -3.61. The number of hydrogen-bond acceptors (Lipinski definition) is 4.